The lowest BCUT2D eigenvalue weighted by Crippen LogP contribution is -2.40. The predicted molar refractivity (Wildman–Crippen MR) is 115 cm³/mol. The second-order valence-electron chi connectivity index (χ2n) is 8.03. The van der Waals surface area contributed by atoms with Crippen LogP contribution in [0.3, 0.4) is 0 Å². The number of rotatable bonds is 4. The number of hydrogen-bond acceptors (Lipinski definition) is 4. The van der Waals surface area contributed by atoms with E-state index in [0.29, 0.717) is 42.5 Å². The number of imide groups is 1. The first-order valence-corrected chi connectivity index (χ1v) is 10.8. The van der Waals surface area contributed by atoms with E-state index in [1.54, 1.807) is 12.1 Å². The van der Waals surface area contributed by atoms with E-state index in [-0.39, 0.29) is 17.9 Å². The average molecular weight is 423 g/mol. The van der Waals surface area contributed by atoms with Crippen molar-refractivity contribution in [2.75, 3.05) is 19.7 Å². The molecule has 6 heteroatoms. The molecule has 0 saturated carbocycles. The summed E-state index contributed by atoms with van der Waals surface area (Å²) in [4.78, 5) is 30.3. The summed E-state index contributed by atoms with van der Waals surface area (Å²) in [6, 6.07) is 15.4. The van der Waals surface area contributed by atoms with Crippen LogP contribution in [0.5, 0.6) is 0 Å². The maximum absolute atomic E-state index is 13.5. The van der Waals surface area contributed by atoms with Crippen molar-refractivity contribution in [1.29, 1.82) is 0 Å². The Bertz CT molecular complexity index is 1030. The summed E-state index contributed by atoms with van der Waals surface area (Å²) in [6.45, 7) is 2.32. The van der Waals surface area contributed by atoms with Crippen molar-refractivity contribution in [3.8, 4) is 0 Å². The molecular weight excluding hydrogens is 400 g/mol. The van der Waals surface area contributed by atoms with Gasteiger partial charge in [-0.3, -0.25) is 14.5 Å². The van der Waals surface area contributed by atoms with Crippen LogP contribution in [0, 0.1) is 0 Å². The van der Waals surface area contributed by atoms with E-state index in [1.807, 2.05) is 24.3 Å². The Morgan fingerprint density at radius 1 is 1.00 bits per heavy atom. The van der Waals surface area contributed by atoms with Crippen LogP contribution in [0.15, 0.2) is 54.2 Å². The molecule has 0 bridgehead atoms. The fourth-order valence-electron chi connectivity index (χ4n) is 4.58. The zero-order chi connectivity index (χ0) is 20.7. The van der Waals surface area contributed by atoms with Crippen molar-refractivity contribution in [2.45, 2.75) is 31.9 Å². The summed E-state index contributed by atoms with van der Waals surface area (Å²) in [6.07, 6.45) is 2.61. The molecule has 1 fully saturated rings. The molecular formula is C24H23ClN2O3. The minimum absolute atomic E-state index is 0.0780. The van der Waals surface area contributed by atoms with E-state index in [2.05, 4.69) is 17.0 Å². The fourth-order valence-corrected chi connectivity index (χ4v) is 4.70. The minimum atomic E-state index is -0.244. The standard InChI is InChI=1S/C24H23ClN2O3/c25-19-9-7-17(8-10-19)21-22(26-12-11-16-4-1-2-5-18(16)14-26)24(29)27(23(21)28)15-20-6-3-13-30-20/h1-2,4-5,7-10,20H,3,6,11-15H2. The molecule has 3 aliphatic rings. The molecule has 5 nitrogen and oxygen atoms in total. The Morgan fingerprint density at radius 2 is 1.77 bits per heavy atom. The number of nitrogens with zero attached hydrogens (tertiary/aromatic N) is 2. The summed E-state index contributed by atoms with van der Waals surface area (Å²) >= 11 is 6.06. The lowest BCUT2D eigenvalue weighted by molar-refractivity contribution is -0.139. The van der Waals surface area contributed by atoms with Gasteiger partial charge >= 0.3 is 0 Å². The van der Waals surface area contributed by atoms with Gasteiger partial charge in [0, 0.05) is 24.7 Å². The van der Waals surface area contributed by atoms with Gasteiger partial charge in [0.1, 0.15) is 5.70 Å². The van der Waals surface area contributed by atoms with Crippen molar-refractivity contribution >= 4 is 29.0 Å². The van der Waals surface area contributed by atoms with Crippen molar-refractivity contribution in [2.24, 2.45) is 0 Å². The lowest BCUT2D eigenvalue weighted by atomic mass is 9.98. The van der Waals surface area contributed by atoms with Gasteiger partial charge in [0.15, 0.2) is 0 Å². The van der Waals surface area contributed by atoms with Crippen LogP contribution >= 0.6 is 11.6 Å². The van der Waals surface area contributed by atoms with Crippen molar-refractivity contribution in [3.63, 3.8) is 0 Å². The molecule has 5 rings (SSSR count). The molecule has 1 saturated heterocycles. The van der Waals surface area contributed by atoms with Crippen LogP contribution in [0.1, 0.15) is 29.5 Å². The van der Waals surface area contributed by atoms with E-state index in [9.17, 15) is 9.59 Å². The Morgan fingerprint density at radius 3 is 2.50 bits per heavy atom. The van der Waals surface area contributed by atoms with E-state index in [4.69, 9.17) is 16.3 Å². The van der Waals surface area contributed by atoms with Gasteiger partial charge in [0.2, 0.25) is 0 Å². The van der Waals surface area contributed by atoms with Crippen LogP contribution in [0.25, 0.3) is 5.57 Å². The zero-order valence-electron chi connectivity index (χ0n) is 16.6. The molecule has 154 valence electrons. The Labute approximate surface area is 180 Å². The highest BCUT2D eigenvalue weighted by molar-refractivity contribution is 6.36. The molecule has 0 aliphatic carbocycles. The van der Waals surface area contributed by atoms with Crippen LogP contribution in [-0.4, -0.2) is 47.4 Å². The van der Waals surface area contributed by atoms with Gasteiger partial charge in [0.05, 0.1) is 18.2 Å². The number of fused-ring (bicyclic) bond motifs is 1. The molecule has 30 heavy (non-hydrogen) atoms. The van der Waals surface area contributed by atoms with Crippen molar-refractivity contribution in [3.05, 3.63) is 75.9 Å². The van der Waals surface area contributed by atoms with Gasteiger partial charge in [-0.1, -0.05) is 48.0 Å². The number of amides is 2. The Balaban J connectivity index is 1.53. The molecule has 0 radical (unpaired) electrons. The molecule has 0 N–H and O–H groups in total. The number of halogens is 1. The van der Waals surface area contributed by atoms with Crippen LogP contribution in [-0.2, 0) is 27.3 Å². The summed E-state index contributed by atoms with van der Waals surface area (Å²) in [7, 11) is 0. The normalized spacial score (nSPS) is 21.6. The largest absolute Gasteiger partial charge is 0.376 e. The van der Waals surface area contributed by atoms with Crippen molar-refractivity contribution in [1.82, 2.24) is 9.80 Å². The first-order chi connectivity index (χ1) is 14.6. The van der Waals surface area contributed by atoms with Gasteiger partial charge in [0.25, 0.3) is 11.8 Å². The molecule has 2 aromatic rings. The summed E-state index contributed by atoms with van der Waals surface area (Å²) in [5.74, 6) is -0.466. The van der Waals surface area contributed by atoms with Gasteiger partial charge in [-0.2, -0.15) is 0 Å². The van der Waals surface area contributed by atoms with Gasteiger partial charge in [-0.05, 0) is 48.1 Å². The monoisotopic (exact) mass is 422 g/mol. The Hall–Kier alpha value is -2.63. The van der Waals surface area contributed by atoms with Gasteiger partial charge < -0.3 is 9.64 Å². The SMILES string of the molecule is O=C1C(c2ccc(Cl)cc2)=C(N2CCc3ccccc3C2)C(=O)N1CC1CCCO1. The van der Waals surface area contributed by atoms with E-state index >= 15 is 0 Å². The maximum atomic E-state index is 13.5. The summed E-state index contributed by atoms with van der Waals surface area (Å²) in [5, 5.41) is 0.598. The smallest absolute Gasteiger partial charge is 0.277 e. The van der Waals surface area contributed by atoms with Crippen LogP contribution in [0.2, 0.25) is 5.02 Å². The number of hydrogen-bond donors (Lipinski definition) is 0. The molecule has 2 aromatic carbocycles. The zero-order valence-corrected chi connectivity index (χ0v) is 17.4. The van der Waals surface area contributed by atoms with Crippen LogP contribution < -0.4 is 0 Å². The third-order valence-electron chi connectivity index (χ3n) is 6.13. The third kappa shape index (κ3) is 3.42. The van der Waals surface area contributed by atoms with E-state index in [0.717, 1.165) is 24.8 Å². The molecule has 3 aliphatic heterocycles. The van der Waals surface area contributed by atoms with Crippen LogP contribution in [0.4, 0.5) is 0 Å². The molecule has 2 amide bonds. The first-order valence-electron chi connectivity index (χ1n) is 10.4. The minimum Gasteiger partial charge on any atom is -0.376 e. The molecule has 1 atom stereocenters. The highest BCUT2D eigenvalue weighted by Gasteiger charge is 2.43. The number of carbonyl (C=O) groups excluding carboxylic acids is 2. The summed E-state index contributed by atoms with van der Waals surface area (Å²) < 4.78 is 5.70. The van der Waals surface area contributed by atoms with Gasteiger partial charge in [-0.15, -0.1) is 0 Å². The third-order valence-corrected chi connectivity index (χ3v) is 6.39. The molecule has 1 unspecified atom stereocenters. The number of carbonyl (C=O) groups is 2. The molecule has 3 heterocycles. The maximum Gasteiger partial charge on any atom is 0.277 e. The van der Waals surface area contributed by atoms with Gasteiger partial charge in [-0.25, -0.2) is 0 Å². The molecule has 0 spiro atoms. The highest BCUT2D eigenvalue weighted by Crippen LogP contribution is 2.35. The number of ether oxygens (including phenoxy) is 1. The van der Waals surface area contributed by atoms with Crippen molar-refractivity contribution < 1.29 is 14.3 Å². The van der Waals surface area contributed by atoms with E-state index < -0.39 is 0 Å². The topological polar surface area (TPSA) is 49.9 Å². The molecule has 0 aromatic heterocycles. The quantitative estimate of drug-likeness (QED) is 0.705. The number of benzene rings is 2. The fraction of sp³-hybridized carbons (Fsp3) is 0.333. The second-order valence-corrected chi connectivity index (χ2v) is 8.46. The van der Waals surface area contributed by atoms with E-state index in [1.165, 1.54) is 16.0 Å². The average Bonchev–Trinajstić information content (AvgIpc) is 3.36. The summed E-state index contributed by atoms with van der Waals surface area (Å²) in [5.41, 5.74) is 4.19. The first kappa shape index (κ1) is 19.3. The lowest BCUT2D eigenvalue weighted by Gasteiger charge is -2.31. The second kappa shape index (κ2) is 7.89. The Kier molecular flexibility index (Phi) is 5.09. The predicted octanol–water partition coefficient (Wildman–Crippen LogP) is 3.66. The highest BCUT2D eigenvalue weighted by atomic mass is 35.5.